The summed E-state index contributed by atoms with van der Waals surface area (Å²) in [7, 11) is 1.63. The van der Waals surface area contributed by atoms with Gasteiger partial charge in [0.1, 0.15) is 5.75 Å². The molecule has 1 aliphatic carbocycles. The summed E-state index contributed by atoms with van der Waals surface area (Å²) in [6.45, 7) is 0. The van der Waals surface area contributed by atoms with Gasteiger partial charge in [0.15, 0.2) is 0 Å². The van der Waals surface area contributed by atoms with Crippen molar-refractivity contribution in [3.8, 4) is 5.75 Å². The molecule has 2 unspecified atom stereocenters. The fourth-order valence-electron chi connectivity index (χ4n) is 1.75. The number of carboxylic acids is 1. The first-order valence-corrected chi connectivity index (χ1v) is 5.77. The van der Waals surface area contributed by atoms with Gasteiger partial charge in [0, 0.05) is 0 Å². The van der Waals surface area contributed by atoms with E-state index in [0.29, 0.717) is 0 Å². The topological polar surface area (TPSA) is 46.5 Å². The monoisotopic (exact) mass is 318 g/mol. The number of hydrogen-bond donors (Lipinski definition) is 1. The maximum atomic E-state index is 10.7. The third kappa shape index (κ3) is 2.09. The first-order chi connectivity index (χ1) is 7.13. The van der Waals surface area contributed by atoms with Crippen LogP contribution in [0.2, 0.25) is 0 Å². The normalized spacial score (nSPS) is 23.6. The fourth-order valence-corrected chi connectivity index (χ4v) is 2.51. The van der Waals surface area contributed by atoms with Crippen LogP contribution in [0.1, 0.15) is 17.9 Å². The van der Waals surface area contributed by atoms with Gasteiger partial charge in [-0.1, -0.05) is 6.07 Å². The zero-order valence-corrected chi connectivity index (χ0v) is 10.4. The minimum atomic E-state index is -0.689. The van der Waals surface area contributed by atoms with E-state index in [1.165, 1.54) is 0 Å². The van der Waals surface area contributed by atoms with Crippen molar-refractivity contribution >= 4 is 28.6 Å². The Morgan fingerprint density at radius 1 is 1.60 bits per heavy atom. The Balaban J connectivity index is 2.18. The van der Waals surface area contributed by atoms with Gasteiger partial charge in [0.05, 0.1) is 16.6 Å². The van der Waals surface area contributed by atoms with Gasteiger partial charge in [0.2, 0.25) is 0 Å². The van der Waals surface area contributed by atoms with Crippen LogP contribution < -0.4 is 4.74 Å². The molecule has 0 saturated heterocycles. The highest BCUT2D eigenvalue weighted by Crippen LogP contribution is 2.48. The van der Waals surface area contributed by atoms with Crippen LogP contribution in [-0.4, -0.2) is 18.2 Å². The maximum absolute atomic E-state index is 10.7. The second kappa shape index (κ2) is 4.00. The van der Waals surface area contributed by atoms with Gasteiger partial charge in [-0.05, 0) is 52.6 Å². The summed E-state index contributed by atoms with van der Waals surface area (Å²) >= 11 is 2.20. The Hall–Kier alpha value is -0.780. The van der Waals surface area contributed by atoms with E-state index < -0.39 is 5.97 Å². The third-order valence-corrected chi connectivity index (χ3v) is 3.55. The number of ether oxygens (including phenoxy) is 1. The molecule has 2 rings (SSSR count). The highest BCUT2D eigenvalue weighted by molar-refractivity contribution is 14.1. The van der Waals surface area contributed by atoms with Crippen LogP contribution in [0.15, 0.2) is 18.2 Å². The standard InChI is InChI=1S/C11H11IO3/c1-15-10-3-2-6(4-9(10)12)7-5-8(7)11(13)14/h2-4,7-8H,5H2,1H3,(H,13,14). The van der Waals surface area contributed by atoms with Crippen molar-refractivity contribution < 1.29 is 14.6 Å². The molecule has 15 heavy (non-hydrogen) atoms. The second-order valence-corrected chi connectivity index (χ2v) is 4.84. The van der Waals surface area contributed by atoms with Crippen LogP contribution in [0.3, 0.4) is 0 Å². The maximum Gasteiger partial charge on any atom is 0.307 e. The predicted octanol–water partition coefficient (Wildman–Crippen LogP) is 2.49. The number of carboxylic acid groups (broad SMARTS) is 1. The van der Waals surface area contributed by atoms with E-state index in [0.717, 1.165) is 21.3 Å². The smallest absolute Gasteiger partial charge is 0.307 e. The number of halogens is 1. The summed E-state index contributed by atoms with van der Waals surface area (Å²) in [6, 6.07) is 5.86. The molecular weight excluding hydrogens is 307 g/mol. The molecule has 4 heteroatoms. The van der Waals surface area contributed by atoms with Crippen LogP contribution in [0.4, 0.5) is 0 Å². The zero-order valence-electron chi connectivity index (χ0n) is 8.24. The van der Waals surface area contributed by atoms with Gasteiger partial charge < -0.3 is 9.84 Å². The number of hydrogen-bond acceptors (Lipinski definition) is 2. The predicted molar refractivity (Wildman–Crippen MR) is 64.2 cm³/mol. The molecule has 1 fully saturated rings. The molecule has 0 radical (unpaired) electrons. The largest absolute Gasteiger partial charge is 0.496 e. The molecular formula is C11H11IO3. The van der Waals surface area contributed by atoms with Crippen molar-refractivity contribution in [1.82, 2.24) is 0 Å². The van der Waals surface area contributed by atoms with Crippen molar-refractivity contribution in [3.05, 3.63) is 27.3 Å². The summed E-state index contributed by atoms with van der Waals surface area (Å²) in [6.07, 6.45) is 0.762. The van der Waals surface area contributed by atoms with E-state index in [1.807, 2.05) is 18.2 Å². The lowest BCUT2D eigenvalue weighted by atomic mass is 10.1. The Bertz CT molecular complexity index is 403. The Kier molecular flexibility index (Phi) is 2.86. The van der Waals surface area contributed by atoms with E-state index in [4.69, 9.17) is 9.84 Å². The molecule has 1 aromatic rings. The lowest BCUT2D eigenvalue weighted by Gasteiger charge is -2.05. The molecule has 0 spiro atoms. The average Bonchev–Trinajstić information content (AvgIpc) is 2.97. The van der Waals surface area contributed by atoms with Crippen LogP contribution >= 0.6 is 22.6 Å². The van der Waals surface area contributed by atoms with Gasteiger partial charge in [0.25, 0.3) is 0 Å². The molecule has 1 saturated carbocycles. The lowest BCUT2D eigenvalue weighted by molar-refractivity contribution is -0.138. The van der Waals surface area contributed by atoms with Crippen molar-refractivity contribution in [2.24, 2.45) is 5.92 Å². The van der Waals surface area contributed by atoms with Crippen LogP contribution in [0.5, 0.6) is 5.75 Å². The SMILES string of the molecule is COc1ccc(C2CC2C(=O)O)cc1I. The number of rotatable bonds is 3. The molecule has 0 aromatic heterocycles. The Morgan fingerprint density at radius 3 is 2.80 bits per heavy atom. The molecule has 80 valence electrons. The number of carbonyl (C=O) groups is 1. The highest BCUT2D eigenvalue weighted by Gasteiger charge is 2.44. The summed E-state index contributed by atoms with van der Waals surface area (Å²) in [5.41, 5.74) is 1.10. The van der Waals surface area contributed by atoms with Gasteiger partial charge >= 0.3 is 5.97 Å². The highest BCUT2D eigenvalue weighted by atomic mass is 127. The molecule has 1 aromatic carbocycles. The van der Waals surface area contributed by atoms with E-state index in [2.05, 4.69) is 22.6 Å². The van der Waals surface area contributed by atoms with Crippen molar-refractivity contribution in [2.45, 2.75) is 12.3 Å². The first-order valence-electron chi connectivity index (χ1n) is 4.69. The molecule has 0 aliphatic heterocycles. The Morgan fingerprint density at radius 2 is 2.33 bits per heavy atom. The second-order valence-electron chi connectivity index (χ2n) is 3.68. The van der Waals surface area contributed by atoms with Crippen LogP contribution in [-0.2, 0) is 4.79 Å². The van der Waals surface area contributed by atoms with Crippen molar-refractivity contribution in [3.63, 3.8) is 0 Å². The van der Waals surface area contributed by atoms with E-state index in [1.54, 1.807) is 7.11 Å². The lowest BCUT2D eigenvalue weighted by Crippen LogP contribution is -1.99. The summed E-state index contributed by atoms with van der Waals surface area (Å²) in [5, 5.41) is 8.83. The van der Waals surface area contributed by atoms with E-state index in [9.17, 15) is 4.79 Å². The third-order valence-electron chi connectivity index (χ3n) is 2.71. The number of aliphatic carboxylic acids is 1. The molecule has 3 nitrogen and oxygen atoms in total. The molecule has 0 bridgehead atoms. The number of benzene rings is 1. The van der Waals surface area contributed by atoms with Gasteiger partial charge in [-0.2, -0.15) is 0 Å². The van der Waals surface area contributed by atoms with Crippen LogP contribution in [0.25, 0.3) is 0 Å². The van der Waals surface area contributed by atoms with E-state index in [-0.39, 0.29) is 11.8 Å². The van der Waals surface area contributed by atoms with Gasteiger partial charge in [-0.3, -0.25) is 4.79 Å². The van der Waals surface area contributed by atoms with Gasteiger partial charge in [-0.25, -0.2) is 0 Å². The van der Waals surface area contributed by atoms with Crippen molar-refractivity contribution in [1.29, 1.82) is 0 Å². The van der Waals surface area contributed by atoms with E-state index >= 15 is 0 Å². The summed E-state index contributed by atoms with van der Waals surface area (Å²) in [4.78, 5) is 10.7. The molecule has 2 atom stereocenters. The molecule has 0 amide bonds. The Labute approximate surface area is 102 Å². The quantitative estimate of drug-likeness (QED) is 0.871. The molecule has 1 N–H and O–H groups in total. The minimum Gasteiger partial charge on any atom is -0.496 e. The summed E-state index contributed by atoms with van der Waals surface area (Å²) < 4.78 is 6.18. The van der Waals surface area contributed by atoms with Crippen molar-refractivity contribution in [2.75, 3.05) is 7.11 Å². The summed E-state index contributed by atoms with van der Waals surface area (Å²) in [5.74, 6) is 0.161. The fraction of sp³-hybridized carbons (Fsp3) is 0.364. The minimum absolute atomic E-state index is 0.186. The first kappa shape index (κ1) is 10.7. The molecule has 0 heterocycles. The molecule has 1 aliphatic rings. The average molecular weight is 318 g/mol. The van der Waals surface area contributed by atoms with Gasteiger partial charge in [-0.15, -0.1) is 0 Å². The van der Waals surface area contributed by atoms with Crippen LogP contribution in [0, 0.1) is 9.49 Å². The zero-order chi connectivity index (χ0) is 11.0. The number of methoxy groups -OCH3 is 1.